The molecular formula is C70H80Br4N6OSi. The van der Waals surface area contributed by atoms with Gasteiger partial charge in [-0.15, -0.1) is 65.8 Å². The summed E-state index contributed by atoms with van der Waals surface area (Å²) >= 11 is 14.2. The maximum absolute atomic E-state index is 13.4. The first-order valence-electron chi connectivity index (χ1n) is 27.0. The first kappa shape index (κ1) is 67.8. The average molecular weight is 1370 g/mol. The van der Waals surface area contributed by atoms with E-state index >= 15 is 0 Å². The highest BCUT2D eigenvalue weighted by Crippen LogP contribution is 2.32. The third kappa shape index (κ3) is 19.8. The fourth-order valence-corrected chi connectivity index (χ4v) is 14.2. The molecule has 0 radical (unpaired) electrons. The zero-order valence-electron chi connectivity index (χ0n) is 47.9. The molecule has 0 spiro atoms. The van der Waals surface area contributed by atoms with E-state index in [-0.39, 0.29) is 5.78 Å². The molecule has 0 fully saturated rings. The van der Waals surface area contributed by atoms with Gasteiger partial charge in [-0.1, -0.05) is 162 Å². The molecular weight excluding hydrogens is 1290 g/mol. The standard InChI is InChI=1S/C27H32N2OSi.C25H28Br2N2.C12H14BrN.C6H6BrN/c1-7-15-28(16-8-2)21-11-13-23-25(19-21)31(5,6)26-20-22(12-14-24(26)27(23)30)29(17-9-3)18-10-4;1-5-13-28(14-6-2)22-11-9-20(24(26)18-22)17-21-10-12-23(19-25(21)27)29(15-7-3)16-8-4;1-3-8-14(9-4-2)12-7-5-6-11(13)10-12;7-5-2-1-3-6(8)4-5/h7-14,19-20H,1-4,15-18H2,5-6H3;5-12,18-19H,1-4,13-17H2;3-7,10H,1-2,8-9H2;1-4H,8H2. The monoisotopic (exact) mass is 1360 g/mol. The highest BCUT2D eigenvalue weighted by molar-refractivity contribution is 9.11. The molecule has 1 aliphatic rings. The van der Waals surface area contributed by atoms with E-state index < -0.39 is 8.07 Å². The van der Waals surface area contributed by atoms with Crippen molar-refractivity contribution in [3.8, 4) is 0 Å². The van der Waals surface area contributed by atoms with Crippen LogP contribution in [0.3, 0.4) is 0 Å². The van der Waals surface area contributed by atoms with Crippen LogP contribution in [-0.4, -0.2) is 79.3 Å². The average Bonchev–Trinajstić information content (AvgIpc) is 3.64. The zero-order valence-corrected chi connectivity index (χ0v) is 55.2. The van der Waals surface area contributed by atoms with Gasteiger partial charge in [-0.3, -0.25) is 4.79 Å². The van der Waals surface area contributed by atoms with Gasteiger partial charge in [0.1, 0.15) is 8.07 Å². The lowest BCUT2D eigenvalue weighted by Gasteiger charge is -2.35. The topological polar surface area (TPSA) is 59.3 Å². The number of carbonyl (C=O) groups excluding carboxylic acids is 1. The summed E-state index contributed by atoms with van der Waals surface area (Å²) in [4.78, 5) is 24.5. The van der Waals surface area contributed by atoms with Crippen LogP contribution in [0, 0.1) is 0 Å². The minimum atomic E-state index is -2.10. The van der Waals surface area contributed by atoms with Crippen molar-refractivity contribution in [3.05, 3.63) is 288 Å². The molecule has 12 heteroatoms. The van der Waals surface area contributed by atoms with Crippen LogP contribution >= 0.6 is 63.7 Å². The summed E-state index contributed by atoms with van der Waals surface area (Å²) in [5.74, 6) is 0.118. The Morgan fingerprint density at radius 2 is 0.683 bits per heavy atom. The van der Waals surface area contributed by atoms with Crippen molar-refractivity contribution in [1.82, 2.24) is 0 Å². The first-order valence-corrected chi connectivity index (χ1v) is 33.2. The molecule has 0 bridgehead atoms. The number of halogens is 4. The van der Waals surface area contributed by atoms with Crippen molar-refractivity contribution in [2.45, 2.75) is 19.5 Å². The minimum Gasteiger partial charge on any atom is -0.399 e. The molecule has 82 heavy (non-hydrogen) atoms. The Bertz CT molecular complexity index is 2970. The normalized spacial score (nSPS) is 11.3. The van der Waals surface area contributed by atoms with Crippen molar-refractivity contribution in [3.63, 3.8) is 0 Å². The number of hydrogen-bond donors (Lipinski definition) is 1. The van der Waals surface area contributed by atoms with Crippen molar-refractivity contribution in [1.29, 1.82) is 0 Å². The van der Waals surface area contributed by atoms with Gasteiger partial charge in [0.05, 0.1) is 0 Å². The number of anilines is 6. The number of nitrogens with two attached hydrogens (primary N) is 1. The van der Waals surface area contributed by atoms with E-state index in [0.29, 0.717) is 0 Å². The molecule has 0 saturated heterocycles. The van der Waals surface area contributed by atoms with Crippen molar-refractivity contribution >= 4 is 122 Å². The SMILES string of the molecule is C=CCN(CC=C)c1ccc(Cc2ccc(N(CC=C)CC=C)cc2Br)c(Br)c1.C=CCN(CC=C)c1ccc2c(c1)[Si](C)(C)c1cc(N(CC=C)CC=C)ccc1C2=O.C=CCN(CC=C)c1cccc(Br)c1.Nc1cccc(Br)c1. The summed E-state index contributed by atoms with van der Waals surface area (Å²) in [5, 5.41) is 2.38. The van der Waals surface area contributed by atoms with Gasteiger partial charge in [-0.2, -0.15) is 0 Å². The molecule has 0 aromatic heterocycles. The van der Waals surface area contributed by atoms with Gasteiger partial charge in [0.15, 0.2) is 5.78 Å². The molecule has 0 saturated carbocycles. The Hall–Kier alpha value is -6.67. The predicted molar refractivity (Wildman–Crippen MR) is 380 cm³/mol. The van der Waals surface area contributed by atoms with Gasteiger partial charge < -0.3 is 30.2 Å². The Morgan fingerprint density at radius 1 is 0.390 bits per heavy atom. The number of rotatable bonds is 27. The Morgan fingerprint density at radius 3 is 0.963 bits per heavy atom. The zero-order chi connectivity index (χ0) is 60.2. The second-order valence-electron chi connectivity index (χ2n) is 19.6. The fraction of sp³-hybridized carbons (Fsp3) is 0.186. The number of hydrogen-bond acceptors (Lipinski definition) is 7. The third-order valence-electron chi connectivity index (χ3n) is 13.3. The summed E-state index contributed by atoms with van der Waals surface area (Å²) in [7, 11) is -2.10. The summed E-state index contributed by atoms with van der Waals surface area (Å²) < 4.78 is 4.32. The van der Waals surface area contributed by atoms with Gasteiger partial charge in [0, 0.05) is 129 Å². The molecule has 7 rings (SSSR count). The second-order valence-corrected chi connectivity index (χ2v) is 27.5. The van der Waals surface area contributed by atoms with Gasteiger partial charge in [0.2, 0.25) is 0 Å². The molecule has 6 aromatic carbocycles. The quantitative estimate of drug-likeness (QED) is 0.0313. The molecule has 0 atom stereocenters. The lowest BCUT2D eigenvalue weighted by molar-refractivity contribution is 0.104. The van der Waals surface area contributed by atoms with Crippen LogP contribution in [0.1, 0.15) is 27.0 Å². The smallest absolute Gasteiger partial charge is 0.192 e. The van der Waals surface area contributed by atoms with Crippen LogP contribution in [0.5, 0.6) is 0 Å². The molecule has 1 heterocycles. The number of nitrogen functional groups attached to an aromatic ring is 1. The van der Waals surface area contributed by atoms with Crippen LogP contribution in [0.2, 0.25) is 13.1 Å². The Balaban J connectivity index is 0.000000260. The first-order chi connectivity index (χ1) is 39.5. The summed E-state index contributed by atoms with van der Waals surface area (Å²) in [5.41, 5.74) is 16.1. The minimum absolute atomic E-state index is 0.118. The van der Waals surface area contributed by atoms with E-state index in [9.17, 15) is 4.79 Å². The summed E-state index contributed by atoms with van der Waals surface area (Å²) in [6.07, 6.45) is 19.8. The predicted octanol–water partition coefficient (Wildman–Crippen LogP) is 17.2. The molecule has 0 amide bonds. The van der Waals surface area contributed by atoms with Crippen molar-refractivity contribution in [2.24, 2.45) is 0 Å². The molecule has 428 valence electrons. The van der Waals surface area contributed by atoms with E-state index in [1.54, 1.807) is 0 Å². The van der Waals surface area contributed by atoms with Gasteiger partial charge in [-0.25, -0.2) is 0 Å². The third-order valence-corrected chi connectivity index (χ3v) is 19.3. The number of nitrogens with zero attached hydrogens (tertiary/aromatic N) is 5. The Labute approximate surface area is 525 Å². The van der Waals surface area contributed by atoms with Crippen molar-refractivity contribution < 1.29 is 4.79 Å². The molecule has 7 nitrogen and oxygen atoms in total. The van der Waals surface area contributed by atoms with Crippen LogP contribution in [0.15, 0.2) is 266 Å². The van der Waals surface area contributed by atoms with E-state index in [2.05, 4.69) is 228 Å². The number of carbonyl (C=O) groups is 1. The number of fused-ring (bicyclic) bond motifs is 2. The van der Waals surface area contributed by atoms with Crippen LogP contribution in [-0.2, 0) is 6.42 Å². The van der Waals surface area contributed by atoms with Gasteiger partial charge >= 0.3 is 0 Å². The van der Waals surface area contributed by atoms with Crippen molar-refractivity contribution in [2.75, 3.05) is 95.7 Å². The highest BCUT2D eigenvalue weighted by Gasteiger charge is 2.39. The van der Waals surface area contributed by atoms with Crippen LogP contribution in [0.4, 0.5) is 34.1 Å². The molecule has 2 N–H and O–H groups in total. The lowest BCUT2D eigenvalue weighted by Crippen LogP contribution is -2.60. The van der Waals surface area contributed by atoms with Crippen LogP contribution < -0.4 is 40.6 Å². The van der Waals surface area contributed by atoms with Crippen LogP contribution in [0.25, 0.3) is 0 Å². The number of ketones is 1. The Kier molecular flexibility index (Phi) is 29.2. The second kappa shape index (κ2) is 35.3. The molecule has 0 unspecified atom stereocenters. The number of benzene rings is 6. The summed E-state index contributed by atoms with van der Waals surface area (Å²) in [6, 6.07) is 41.3. The molecule has 1 aliphatic heterocycles. The van der Waals surface area contributed by atoms with E-state index in [1.807, 2.05) is 121 Å². The molecule has 0 aliphatic carbocycles. The fourth-order valence-electron chi connectivity index (χ4n) is 9.30. The summed E-state index contributed by atoms with van der Waals surface area (Å²) in [6.45, 7) is 50.8. The van der Waals surface area contributed by atoms with Gasteiger partial charge in [-0.05, 0) is 125 Å². The lowest BCUT2D eigenvalue weighted by atomic mass is 10.0. The highest BCUT2D eigenvalue weighted by atomic mass is 79.9. The van der Waals surface area contributed by atoms with E-state index in [4.69, 9.17) is 5.73 Å². The maximum Gasteiger partial charge on any atom is 0.192 e. The maximum atomic E-state index is 13.4. The largest absolute Gasteiger partial charge is 0.399 e. The van der Waals surface area contributed by atoms with Gasteiger partial charge in [0.25, 0.3) is 0 Å². The molecule has 6 aromatic rings. The van der Waals surface area contributed by atoms with E-state index in [0.717, 1.165) is 129 Å². The van der Waals surface area contributed by atoms with E-state index in [1.165, 1.54) is 27.2 Å².